The first-order valence-corrected chi connectivity index (χ1v) is 9.72. The first-order valence-electron chi connectivity index (χ1n) is 9.72. The van der Waals surface area contributed by atoms with Gasteiger partial charge in [-0.25, -0.2) is 4.68 Å². The molecule has 1 N–H and O–H groups in total. The van der Waals surface area contributed by atoms with Crippen molar-refractivity contribution in [2.24, 2.45) is 0 Å². The molecule has 156 valence electrons. The molecule has 0 aliphatic heterocycles. The van der Waals surface area contributed by atoms with Crippen molar-refractivity contribution in [3.63, 3.8) is 0 Å². The van der Waals surface area contributed by atoms with Gasteiger partial charge in [-0.05, 0) is 36.4 Å². The first-order chi connectivity index (χ1) is 15.1. The van der Waals surface area contributed by atoms with Crippen LogP contribution in [0, 0.1) is 0 Å². The maximum absolute atomic E-state index is 13.2. The zero-order valence-corrected chi connectivity index (χ0v) is 16.9. The predicted octanol–water partition coefficient (Wildman–Crippen LogP) is 2.92. The third-order valence-electron chi connectivity index (χ3n) is 4.67. The lowest BCUT2D eigenvalue weighted by Gasteiger charge is -2.16. The van der Waals surface area contributed by atoms with E-state index in [9.17, 15) is 9.59 Å². The van der Waals surface area contributed by atoms with Gasteiger partial charge in [-0.15, -0.1) is 0 Å². The lowest BCUT2D eigenvalue weighted by atomic mass is 10.1. The molecule has 3 heterocycles. The number of amides is 2. The molecule has 4 aromatic rings. The summed E-state index contributed by atoms with van der Waals surface area (Å²) in [6, 6.07) is 16.7. The molecular weight excluding hydrogens is 394 g/mol. The van der Waals surface area contributed by atoms with Crippen molar-refractivity contribution in [2.75, 3.05) is 13.6 Å². The smallest absolute Gasteiger partial charge is 0.257 e. The third kappa shape index (κ3) is 4.69. The van der Waals surface area contributed by atoms with Gasteiger partial charge in [0.05, 0.1) is 30.6 Å². The molecule has 0 aliphatic rings. The lowest BCUT2D eigenvalue weighted by molar-refractivity contribution is -0.121. The molecule has 0 saturated heterocycles. The molecule has 0 unspecified atom stereocenters. The van der Waals surface area contributed by atoms with E-state index in [-0.39, 0.29) is 24.9 Å². The maximum Gasteiger partial charge on any atom is 0.257 e. The van der Waals surface area contributed by atoms with Gasteiger partial charge in [0.1, 0.15) is 11.5 Å². The SMILES string of the molecule is CN(CC(=O)NCc1ccco1)C(=O)c1cn(-c2ccccc2)nc1-c1cccnc1. The van der Waals surface area contributed by atoms with Gasteiger partial charge in [0, 0.05) is 31.2 Å². The number of nitrogens with zero attached hydrogens (tertiary/aromatic N) is 4. The highest BCUT2D eigenvalue weighted by Gasteiger charge is 2.23. The largest absolute Gasteiger partial charge is 0.467 e. The fourth-order valence-electron chi connectivity index (χ4n) is 3.11. The van der Waals surface area contributed by atoms with Crippen molar-refractivity contribution >= 4 is 11.8 Å². The number of aromatic nitrogens is 3. The molecule has 0 spiro atoms. The number of hydrogen-bond acceptors (Lipinski definition) is 5. The summed E-state index contributed by atoms with van der Waals surface area (Å²) in [5.74, 6) is 0.0464. The van der Waals surface area contributed by atoms with Crippen LogP contribution >= 0.6 is 0 Å². The minimum Gasteiger partial charge on any atom is -0.467 e. The van der Waals surface area contributed by atoms with Crippen LogP contribution in [0.5, 0.6) is 0 Å². The summed E-state index contributed by atoms with van der Waals surface area (Å²) in [4.78, 5) is 31.0. The van der Waals surface area contributed by atoms with Crippen LogP contribution in [-0.2, 0) is 11.3 Å². The van der Waals surface area contributed by atoms with E-state index in [4.69, 9.17) is 4.42 Å². The Bertz CT molecular complexity index is 1150. The minimum atomic E-state index is -0.311. The minimum absolute atomic E-state index is 0.0947. The molecule has 1 aromatic carbocycles. The maximum atomic E-state index is 13.2. The number of furan rings is 1. The van der Waals surface area contributed by atoms with E-state index in [2.05, 4.69) is 15.4 Å². The molecule has 0 fully saturated rings. The molecule has 0 radical (unpaired) electrons. The van der Waals surface area contributed by atoms with E-state index >= 15 is 0 Å². The van der Waals surface area contributed by atoms with Crippen LogP contribution in [0.3, 0.4) is 0 Å². The van der Waals surface area contributed by atoms with Gasteiger partial charge in [0.15, 0.2) is 0 Å². The molecular formula is C23H21N5O3. The first kappa shape index (κ1) is 20.1. The highest BCUT2D eigenvalue weighted by molar-refractivity contribution is 6.01. The van der Waals surface area contributed by atoms with Crippen molar-refractivity contribution < 1.29 is 14.0 Å². The van der Waals surface area contributed by atoms with E-state index in [0.29, 0.717) is 17.0 Å². The van der Waals surface area contributed by atoms with Crippen LogP contribution in [0.1, 0.15) is 16.1 Å². The van der Waals surface area contributed by atoms with Gasteiger partial charge < -0.3 is 14.6 Å². The number of carbonyl (C=O) groups is 2. The van der Waals surface area contributed by atoms with E-state index in [0.717, 1.165) is 11.3 Å². The zero-order chi connectivity index (χ0) is 21.6. The Morgan fingerprint density at radius 1 is 1.10 bits per heavy atom. The van der Waals surface area contributed by atoms with E-state index in [1.54, 1.807) is 54.8 Å². The highest BCUT2D eigenvalue weighted by Crippen LogP contribution is 2.24. The van der Waals surface area contributed by atoms with Gasteiger partial charge in [-0.1, -0.05) is 18.2 Å². The molecule has 3 aromatic heterocycles. The topological polar surface area (TPSA) is 93.3 Å². The second-order valence-corrected chi connectivity index (χ2v) is 6.93. The number of benzene rings is 1. The third-order valence-corrected chi connectivity index (χ3v) is 4.67. The Morgan fingerprint density at radius 3 is 2.65 bits per heavy atom. The standard InChI is InChI=1S/C23H21N5O3/c1-27(16-21(29)25-14-19-10-6-12-31-19)23(30)20-15-28(18-8-3-2-4-9-18)26-22(20)17-7-5-11-24-13-17/h2-13,15H,14,16H2,1H3,(H,25,29). The van der Waals surface area contributed by atoms with E-state index in [1.807, 2.05) is 36.4 Å². The molecule has 8 heteroatoms. The monoisotopic (exact) mass is 415 g/mol. The second kappa shape index (κ2) is 9.08. The Hall–Kier alpha value is -4.20. The second-order valence-electron chi connectivity index (χ2n) is 6.93. The summed E-state index contributed by atoms with van der Waals surface area (Å²) >= 11 is 0. The van der Waals surface area contributed by atoms with Crippen LogP contribution in [-0.4, -0.2) is 45.1 Å². The summed E-state index contributed by atoms with van der Waals surface area (Å²) in [5, 5.41) is 7.36. The van der Waals surface area contributed by atoms with Crippen molar-refractivity contribution in [3.05, 3.63) is 90.8 Å². The molecule has 0 bridgehead atoms. The Labute approximate surface area is 179 Å². The number of likely N-dealkylation sites (N-methyl/N-ethyl adjacent to an activating group) is 1. The fourth-order valence-corrected chi connectivity index (χ4v) is 3.11. The van der Waals surface area contributed by atoms with E-state index in [1.165, 1.54) is 4.90 Å². The molecule has 31 heavy (non-hydrogen) atoms. The average Bonchev–Trinajstić information content (AvgIpc) is 3.48. The quantitative estimate of drug-likeness (QED) is 0.501. The van der Waals surface area contributed by atoms with E-state index < -0.39 is 0 Å². The summed E-state index contributed by atoms with van der Waals surface area (Å²) in [6.45, 7) is 0.170. The molecule has 0 atom stereocenters. The van der Waals surface area contributed by atoms with Crippen molar-refractivity contribution in [2.45, 2.75) is 6.54 Å². The van der Waals surface area contributed by atoms with Gasteiger partial charge in [-0.2, -0.15) is 5.10 Å². The van der Waals surface area contributed by atoms with Crippen LogP contribution in [0.15, 0.2) is 83.9 Å². The summed E-state index contributed by atoms with van der Waals surface area (Å²) < 4.78 is 6.86. The van der Waals surface area contributed by atoms with Crippen LogP contribution in [0.2, 0.25) is 0 Å². The summed E-state index contributed by atoms with van der Waals surface area (Å²) in [6.07, 6.45) is 6.54. The molecule has 0 saturated carbocycles. The van der Waals surface area contributed by atoms with Crippen molar-refractivity contribution in [3.8, 4) is 16.9 Å². The van der Waals surface area contributed by atoms with Crippen molar-refractivity contribution in [1.29, 1.82) is 0 Å². The van der Waals surface area contributed by atoms with Crippen LogP contribution < -0.4 is 5.32 Å². The summed E-state index contributed by atoms with van der Waals surface area (Å²) in [7, 11) is 1.59. The zero-order valence-electron chi connectivity index (χ0n) is 16.9. The van der Waals surface area contributed by atoms with Gasteiger partial charge >= 0.3 is 0 Å². The normalized spacial score (nSPS) is 10.6. The molecule has 0 aliphatic carbocycles. The molecule has 8 nitrogen and oxygen atoms in total. The number of hydrogen-bond donors (Lipinski definition) is 1. The molecule has 2 amide bonds. The lowest BCUT2D eigenvalue weighted by Crippen LogP contribution is -2.38. The number of nitrogens with one attached hydrogen (secondary N) is 1. The molecule has 4 rings (SSSR count). The fraction of sp³-hybridized carbons (Fsp3) is 0.130. The van der Waals surface area contributed by atoms with Gasteiger partial charge in [0.2, 0.25) is 5.91 Å². The number of rotatable bonds is 7. The van der Waals surface area contributed by atoms with Crippen LogP contribution in [0.25, 0.3) is 16.9 Å². The van der Waals surface area contributed by atoms with Crippen molar-refractivity contribution in [1.82, 2.24) is 25.0 Å². The Morgan fingerprint density at radius 2 is 1.94 bits per heavy atom. The van der Waals surface area contributed by atoms with Gasteiger partial charge in [0.25, 0.3) is 5.91 Å². The highest BCUT2D eigenvalue weighted by atomic mass is 16.3. The predicted molar refractivity (Wildman–Crippen MR) is 114 cm³/mol. The summed E-state index contributed by atoms with van der Waals surface area (Å²) in [5.41, 5.74) is 2.43. The number of para-hydroxylation sites is 1. The number of carbonyl (C=O) groups excluding carboxylic acids is 2. The van der Waals surface area contributed by atoms with Crippen LogP contribution in [0.4, 0.5) is 0 Å². The Balaban J connectivity index is 1.55. The Kier molecular flexibility index (Phi) is 5.89. The van der Waals surface area contributed by atoms with Gasteiger partial charge in [-0.3, -0.25) is 14.6 Å². The average molecular weight is 415 g/mol. The number of pyridine rings is 1.